The summed E-state index contributed by atoms with van der Waals surface area (Å²) in [5.74, 6) is 1.14. The Bertz CT molecular complexity index is 587. The standard InChI is InChI=1S/C14H16ClN3O2/c15-10-5-3-7-16-13(10)14-17-12(20-18-14)8-9-4-1-2-6-11(9)19/h3,5,7,9,11,19H,1-2,4,6,8H2. The van der Waals surface area contributed by atoms with Crippen LogP contribution in [0.5, 0.6) is 0 Å². The molecular weight excluding hydrogens is 278 g/mol. The second-order valence-corrected chi connectivity index (χ2v) is 5.57. The Hall–Kier alpha value is -1.46. The minimum absolute atomic E-state index is 0.205. The molecule has 0 bridgehead atoms. The molecule has 1 aliphatic rings. The van der Waals surface area contributed by atoms with Gasteiger partial charge in [-0.1, -0.05) is 29.6 Å². The van der Waals surface area contributed by atoms with E-state index in [-0.39, 0.29) is 12.0 Å². The van der Waals surface area contributed by atoms with Crippen LogP contribution in [0.15, 0.2) is 22.9 Å². The molecule has 106 valence electrons. The lowest BCUT2D eigenvalue weighted by Crippen LogP contribution is -2.26. The molecule has 0 radical (unpaired) electrons. The van der Waals surface area contributed by atoms with E-state index in [4.69, 9.17) is 16.1 Å². The third-order valence-corrected chi connectivity index (χ3v) is 4.05. The van der Waals surface area contributed by atoms with Gasteiger partial charge in [0.1, 0.15) is 5.69 Å². The summed E-state index contributed by atoms with van der Waals surface area (Å²) in [7, 11) is 0. The molecule has 2 aromatic heterocycles. The molecule has 1 N–H and O–H groups in total. The molecule has 5 nitrogen and oxygen atoms in total. The van der Waals surface area contributed by atoms with E-state index < -0.39 is 0 Å². The minimum atomic E-state index is -0.266. The molecule has 0 spiro atoms. The van der Waals surface area contributed by atoms with Crippen molar-refractivity contribution in [3.63, 3.8) is 0 Å². The molecule has 2 aromatic rings. The monoisotopic (exact) mass is 293 g/mol. The molecule has 1 fully saturated rings. The predicted octanol–water partition coefficient (Wildman–Crippen LogP) is 2.88. The summed E-state index contributed by atoms with van der Waals surface area (Å²) in [6.45, 7) is 0. The van der Waals surface area contributed by atoms with E-state index in [1.165, 1.54) is 0 Å². The fourth-order valence-electron chi connectivity index (χ4n) is 2.63. The number of hydrogen-bond acceptors (Lipinski definition) is 5. The first-order valence-electron chi connectivity index (χ1n) is 6.85. The molecule has 1 saturated carbocycles. The third-order valence-electron chi connectivity index (χ3n) is 3.74. The number of aliphatic hydroxyl groups excluding tert-OH is 1. The van der Waals surface area contributed by atoms with Crippen LogP contribution >= 0.6 is 11.6 Å². The Morgan fingerprint density at radius 3 is 3.00 bits per heavy atom. The van der Waals surface area contributed by atoms with E-state index in [2.05, 4.69) is 15.1 Å². The number of pyridine rings is 1. The van der Waals surface area contributed by atoms with Crippen LogP contribution in [0.2, 0.25) is 5.02 Å². The van der Waals surface area contributed by atoms with Crippen molar-refractivity contribution in [2.24, 2.45) is 5.92 Å². The highest BCUT2D eigenvalue weighted by Crippen LogP contribution is 2.28. The molecule has 0 aromatic carbocycles. The van der Waals surface area contributed by atoms with Gasteiger partial charge in [0.2, 0.25) is 11.7 Å². The van der Waals surface area contributed by atoms with Crippen molar-refractivity contribution >= 4 is 11.6 Å². The van der Waals surface area contributed by atoms with Crippen molar-refractivity contribution in [1.29, 1.82) is 0 Å². The molecule has 2 atom stereocenters. The summed E-state index contributed by atoms with van der Waals surface area (Å²) in [5.41, 5.74) is 0.522. The first-order chi connectivity index (χ1) is 9.74. The van der Waals surface area contributed by atoms with Crippen LogP contribution in [0, 0.1) is 5.92 Å². The highest BCUT2D eigenvalue weighted by Gasteiger charge is 2.25. The van der Waals surface area contributed by atoms with Crippen LogP contribution in [-0.4, -0.2) is 26.3 Å². The molecule has 6 heteroatoms. The van der Waals surface area contributed by atoms with Gasteiger partial charge < -0.3 is 9.63 Å². The van der Waals surface area contributed by atoms with Gasteiger partial charge in [-0.05, 0) is 30.9 Å². The zero-order chi connectivity index (χ0) is 13.9. The summed E-state index contributed by atoms with van der Waals surface area (Å²) < 4.78 is 5.25. The highest BCUT2D eigenvalue weighted by molar-refractivity contribution is 6.32. The van der Waals surface area contributed by atoms with Gasteiger partial charge in [-0.15, -0.1) is 0 Å². The van der Waals surface area contributed by atoms with Gasteiger partial charge in [-0.2, -0.15) is 4.98 Å². The quantitative estimate of drug-likeness (QED) is 0.942. The largest absolute Gasteiger partial charge is 0.393 e. The lowest BCUT2D eigenvalue weighted by atomic mass is 9.84. The smallest absolute Gasteiger partial charge is 0.227 e. The number of nitrogens with zero attached hydrogens (tertiary/aromatic N) is 3. The van der Waals surface area contributed by atoms with Crippen molar-refractivity contribution in [2.75, 3.05) is 0 Å². The van der Waals surface area contributed by atoms with Gasteiger partial charge >= 0.3 is 0 Å². The first kappa shape index (κ1) is 13.5. The Balaban J connectivity index is 1.75. The molecule has 3 rings (SSSR count). The topological polar surface area (TPSA) is 72.0 Å². The maximum Gasteiger partial charge on any atom is 0.227 e. The van der Waals surface area contributed by atoms with Crippen molar-refractivity contribution < 1.29 is 9.63 Å². The second kappa shape index (κ2) is 5.89. The van der Waals surface area contributed by atoms with Crippen LogP contribution in [0.4, 0.5) is 0 Å². The van der Waals surface area contributed by atoms with Crippen molar-refractivity contribution in [2.45, 2.75) is 38.2 Å². The number of halogens is 1. The van der Waals surface area contributed by atoms with E-state index in [0.717, 1.165) is 25.7 Å². The molecule has 0 saturated heterocycles. The maximum atomic E-state index is 9.97. The zero-order valence-electron chi connectivity index (χ0n) is 11.0. The lowest BCUT2D eigenvalue weighted by Gasteiger charge is -2.26. The van der Waals surface area contributed by atoms with Gasteiger partial charge in [0.25, 0.3) is 0 Å². The summed E-state index contributed by atoms with van der Waals surface area (Å²) in [4.78, 5) is 8.49. The van der Waals surface area contributed by atoms with E-state index >= 15 is 0 Å². The predicted molar refractivity (Wildman–Crippen MR) is 74.2 cm³/mol. The van der Waals surface area contributed by atoms with Gasteiger partial charge in [0, 0.05) is 12.6 Å². The second-order valence-electron chi connectivity index (χ2n) is 5.16. The van der Waals surface area contributed by atoms with Crippen LogP contribution in [0.1, 0.15) is 31.6 Å². The zero-order valence-corrected chi connectivity index (χ0v) is 11.8. The van der Waals surface area contributed by atoms with E-state index in [9.17, 15) is 5.11 Å². The Morgan fingerprint density at radius 1 is 1.35 bits per heavy atom. The van der Waals surface area contributed by atoms with Crippen LogP contribution in [0.25, 0.3) is 11.5 Å². The third kappa shape index (κ3) is 2.83. The van der Waals surface area contributed by atoms with Crippen molar-refractivity contribution in [1.82, 2.24) is 15.1 Å². The Morgan fingerprint density at radius 2 is 2.20 bits per heavy atom. The average molecular weight is 294 g/mol. The Labute approximate surface area is 122 Å². The summed E-state index contributed by atoms with van der Waals surface area (Å²) in [6, 6.07) is 3.50. The average Bonchev–Trinajstić information content (AvgIpc) is 2.90. The Kier molecular flexibility index (Phi) is 3.98. The fourth-order valence-corrected chi connectivity index (χ4v) is 2.84. The highest BCUT2D eigenvalue weighted by atomic mass is 35.5. The van der Waals surface area contributed by atoms with E-state index in [0.29, 0.717) is 28.9 Å². The minimum Gasteiger partial charge on any atom is -0.393 e. The van der Waals surface area contributed by atoms with E-state index in [1.807, 2.05) is 0 Å². The van der Waals surface area contributed by atoms with Gasteiger partial charge in [0.15, 0.2) is 0 Å². The fraction of sp³-hybridized carbons (Fsp3) is 0.500. The molecule has 0 aliphatic heterocycles. The van der Waals surface area contributed by atoms with Crippen molar-refractivity contribution in [3.8, 4) is 11.5 Å². The van der Waals surface area contributed by atoms with Crippen molar-refractivity contribution in [3.05, 3.63) is 29.2 Å². The van der Waals surface area contributed by atoms with Gasteiger partial charge in [-0.25, -0.2) is 0 Å². The first-order valence-corrected chi connectivity index (χ1v) is 7.23. The molecule has 2 heterocycles. The van der Waals surface area contributed by atoms with Gasteiger partial charge in [0.05, 0.1) is 11.1 Å². The van der Waals surface area contributed by atoms with Gasteiger partial charge in [-0.3, -0.25) is 4.98 Å². The molecule has 1 aliphatic carbocycles. The van der Waals surface area contributed by atoms with Crippen LogP contribution in [0.3, 0.4) is 0 Å². The summed E-state index contributed by atoms with van der Waals surface area (Å²) in [6.07, 6.45) is 6.09. The van der Waals surface area contributed by atoms with E-state index in [1.54, 1.807) is 18.3 Å². The molecular formula is C14H16ClN3O2. The lowest BCUT2D eigenvalue weighted by molar-refractivity contribution is 0.0657. The SMILES string of the molecule is OC1CCCCC1Cc1nc(-c2ncccc2Cl)no1. The normalized spacial score (nSPS) is 22.9. The number of aromatic nitrogens is 3. The summed E-state index contributed by atoms with van der Waals surface area (Å²) >= 11 is 6.06. The number of aliphatic hydroxyl groups is 1. The van der Waals surface area contributed by atoms with Crippen LogP contribution < -0.4 is 0 Å². The summed E-state index contributed by atoms with van der Waals surface area (Å²) in [5, 5.41) is 14.4. The molecule has 20 heavy (non-hydrogen) atoms. The molecule has 2 unspecified atom stereocenters. The number of rotatable bonds is 3. The molecule has 0 amide bonds. The maximum absolute atomic E-state index is 9.97. The van der Waals surface area contributed by atoms with Crippen LogP contribution in [-0.2, 0) is 6.42 Å². The number of hydrogen-bond donors (Lipinski definition) is 1.